The molecule has 0 aliphatic carbocycles. The summed E-state index contributed by atoms with van der Waals surface area (Å²) < 4.78 is 11.0. The Morgan fingerprint density at radius 3 is 2.82 bits per heavy atom. The van der Waals surface area contributed by atoms with Crippen LogP contribution in [0.3, 0.4) is 0 Å². The van der Waals surface area contributed by atoms with E-state index in [-0.39, 0.29) is 17.9 Å². The highest BCUT2D eigenvalue weighted by atomic mass is 16.5. The molecule has 28 heavy (non-hydrogen) atoms. The van der Waals surface area contributed by atoms with Crippen LogP contribution in [0.15, 0.2) is 27.8 Å². The Kier molecular flexibility index (Phi) is 7.77. The Morgan fingerprint density at radius 1 is 1.32 bits per heavy atom. The largest absolute Gasteiger partial charge is 0.468 e. The summed E-state index contributed by atoms with van der Waals surface area (Å²) in [6, 6.07) is 4.15. The molecule has 7 nitrogen and oxygen atoms in total. The van der Waals surface area contributed by atoms with Crippen molar-refractivity contribution in [2.24, 2.45) is 10.9 Å². The lowest BCUT2D eigenvalue weighted by atomic mass is 9.98. The molecule has 0 aromatic carbocycles. The van der Waals surface area contributed by atoms with Gasteiger partial charge in [0.2, 0.25) is 0 Å². The average molecular weight is 391 g/mol. The quantitative estimate of drug-likeness (QED) is 0.438. The van der Waals surface area contributed by atoms with Gasteiger partial charge in [-0.1, -0.05) is 0 Å². The third-order valence-electron chi connectivity index (χ3n) is 5.54. The van der Waals surface area contributed by atoms with Crippen LogP contribution in [0.4, 0.5) is 0 Å². The fourth-order valence-corrected chi connectivity index (χ4v) is 4.14. The summed E-state index contributed by atoms with van der Waals surface area (Å²) in [4.78, 5) is 21.8. The number of hydrogen-bond acceptors (Lipinski definition) is 5. The zero-order chi connectivity index (χ0) is 19.8. The summed E-state index contributed by atoms with van der Waals surface area (Å²) >= 11 is 0. The van der Waals surface area contributed by atoms with Crippen LogP contribution in [0.1, 0.15) is 51.3 Å². The second-order valence-electron chi connectivity index (χ2n) is 7.51. The Bertz CT molecular complexity index is 626. The van der Waals surface area contributed by atoms with E-state index < -0.39 is 0 Å². The highest BCUT2D eigenvalue weighted by Gasteiger charge is 2.29. The highest BCUT2D eigenvalue weighted by molar-refractivity contribution is 5.81. The molecule has 1 aromatic heterocycles. The minimum absolute atomic E-state index is 0.0722. The number of furan rings is 1. The molecular formula is C21H34N4O3. The molecule has 2 fully saturated rings. The van der Waals surface area contributed by atoms with Gasteiger partial charge in [0.25, 0.3) is 0 Å². The van der Waals surface area contributed by atoms with Crippen LogP contribution >= 0.6 is 0 Å². The van der Waals surface area contributed by atoms with Gasteiger partial charge in [0.15, 0.2) is 5.96 Å². The second-order valence-corrected chi connectivity index (χ2v) is 7.51. The number of likely N-dealkylation sites (tertiary alicyclic amines) is 2. The summed E-state index contributed by atoms with van der Waals surface area (Å²) in [5.74, 6) is 1.70. The van der Waals surface area contributed by atoms with Gasteiger partial charge in [-0.05, 0) is 64.8 Å². The number of nitrogens with one attached hydrogen (secondary N) is 1. The molecule has 156 valence electrons. The first-order chi connectivity index (χ1) is 13.7. The molecule has 2 unspecified atom stereocenters. The summed E-state index contributed by atoms with van der Waals surface area (Å²) in [6.07, 6.45) is 6.06. The molecule has 0 radical (unpaired) electrons. The first-order valence-corrected chi connectivity index (χ1v) is 10.7. The molecule has 2 aliphatic rings. The molecule has 0 amide bonds. The maximum atomic E-state index is 12.2. The number of piperidine rings is 1. The molecule has 0 saturated carbocycles. The molecule has 3 rings (SSSR count). The van der Waals surface area contributed by atoms with E-state index in [4.69, 9.17) is 14.1 Å². The van der Waals surface area contributed by atoms with Gasteiger partial charge in [0, 0.05) is 19.6 Å². The Hall–Kier alpha value is -2.02. The van der Waals surface area contributed by atoms with E-state index in [1.807, 2.05) is 19.1 Å². The normalized spacial score (nSPS) is 22.3. The predicted molar refractivity (Wildman–Crippen MR) is 109 cm³/mol. The lowest BCUT2D eigenvalue weighted by Crippen LogP contribution is -2.48. The minimum Gasteiger partial charge on any atom is -0.468 e. The number of carbonyl (C=O) groups excluding carboxylic acids is 1. The molecule has 1 aromatic rings. The van der Waals surface area contributed by atoms with Crippen LogP contribution in [0, 0.1) is 5.92 Å². The number of hydrogen-bond donors (Lipinski definition) is 1. The standard InChI is InChI=1S/C21H34N4O3/c1-3-22-21(25-13-7-9-17(16-25)20(26)27-4-2)23-15-18(19-10-8-14-28-19)24-11-5-6-12-24/h8,10,14,17-18H,3-7,9,11-13,15-16H2,1-2H3,(H,22,23). The highest BCUT2D eigenvalue weighted by Crippen LogP contribution is 2.26. The number of esters is 1. The lowest BCUT2D eigenvalue weighted by Gasteiger charge is -2.34. The zero-order valence-corrected chi connectivity index (χ0v) is 17.2. The SMILES string of the molecule is CCNC(=NCC(c1ccco1)N1CCCC1)N1CCCC(C(=O)OCC)C1. The maximum absolute atomic E-state index is 12.2. The number of ether oxygens (including phenoxy) is 1. The van der Waals surface area contributed by atoms with Crippen molar-refractivity contribution in [1.29, 1.82) is 0 Å². The summed E-state index contributed by atoms with van der Waals surface area (Å²) in [5.41, 5.74) is 0. The lowest BCUT2D eigenvalue weighted by molar-refractivity contribution is -0.149. The van der Waals surface area contributed by atoms with Crippen molar-refractivity contribution in [2.45, 2.75) is 45.6 Å². The molecule has 1 N–H and O–H groups in total. The van der Waals surface area contributed by atoms with Crippen molar-refractivity contribution in [3.05, 3.63) is 24.2 Å². The van der Waals surface area contributed by atoms with Crippen molar-refractivity contribution < 1.29 is 13.9 Å². The third kappa shape index (κ3) is 5.28. The number of rotatable bonds is 7. The zero-order valence-electron chi connectivity index (χ0n) is 17.2. The molecule has 7 heteroatoms. The number of carbonyl (C=O) groups is 1. The van der Waals surface area contributed by atoms with Crippen molar-refractivity contribution in [1.82, 2.24) is 15.1 Å². The van der Waals surface area contributed by atoms with Gasteiger partial charge in [-0.2, -0.15) is 0 Å². The number of guanidine groups is 1. The van der Waals surface area contributed by atoms with Crippen molar-refractivity contribution in [3.8, 4) is 0 Å². The molecule has 2 aliphatic heterocycles. The average Bonchev–Trinajstić information content (AvgIpc) is 3.42. The Morgan fingerprint density at radius 2 is 2.14 bits per heavy atom. The molecular weight excluding hydrogens is 356 g/mol. The van der Waals surface area contributed by atoms with Crippen LogP contribution in [0.5, 0.6) is 0 Å². The maximum Gasteiger partial charge on any atom is 0.310 e. The second kappa shape index (κ2) is 10.5. The predicted octanol–water partition coefficient (Wildman–Crippen LogP) is 2.66. The van der Waals surface area contributed by atoms with Crippen LogP contribution < -0.4 is 5.32 Å². The van der Waals surface area contributed by atoms with E-state index in [1.54, 1.807) is 6.26 Å². The monoisotopic (exact) mass is 390 g/mol. The van der Waals surface area contributed by atoms with Gasteiger partial charge >= 0.3 is 5.97 Å². The fraction of sp³-hybridized carbons (Fsp3) is 0.714. The molecule has 0 spiro atoms. The van der Waals surface area contributed by atoms with Crippen LogP contribution in [-0.4, -0.2) is 67.6 Å². The van der Waals surface area contributed by atoms with E-state index in [2.05, 4.69) is 22.0 Å². The van der Waals surface area contributed by atoms with Crippen LogP contribution in [0.2, 0.25) is 0 Å². The van der Waals surface area contributed by atoms with Gasteiger partial charge in [-0.15, -0.1) is 0 Å². The van der Waals surface area contributed by atoms with Gasteiger partial charge < -0.3 is 19.4 Å². The Labute approximate surface area is 168 Å². The number of nitrogens with zero attached hydrogens (tertiary/aromatic N) is 3. The molecule has 2 saturated heterocycles. The van der Waals surface area contributed by atoms with Crippen molar-refractivity contribution in [3.63, 3.8) is 0 Å². The van der Waals surface area contributed by atoms with Gasteiger partial charge in [-0.25, -0.2) is 0 Å². The summed E-state index contributed by atoms with van der Waals surface area (Å²) in [7, 11) is 0. The molecule has 3 heterocycles. The van der Waals surface area contributed by atoms with E-state index >= 15 is 0 Å². The van der Waals surface area contributed by atoms with Gasteiger partial charge in [-0.3, -0.25) is 14.7 Å². The third-order valence-corrected chi connectivity index (χ3v) is 5.54. The summed E-state index contributed by atoms with van der Waals surface area (Å²) in [6.45, 7) is 9.58. The molecule has 2 atom stereocenters. The van der Waals surface area contributed by atoms with Gasteiger partial charge in [0.05, 0.1) is 31.4 Å². The van der Waals surface area contributed by atoms with Crippen molar-refractivity contribution >= 4 is 11.9 Å². The smallest absolute Gasteiger partial charge is 0.310 e. The van der Waals surface area contributed by atoms with E-state index in [9.17, 15) is 4.79 Å². The van der Waals surface area contributed by atoms with Crippen LogP contribution in [-0.2, 0) is 9.53 Å². The van der Waals surface area contributed by atoms with Gasteiger partial charge in [0.1, 0.15) is 5.76 Å². The Balaban J connectivity index is 1.70. The minimum atomic E-state index is -0.0893. The summed E-state index contributed by atoms with van der Waals surface area (Å²) in [5, 5.41) is 3.41. The van der Waals surface area contributed by atoms with E-state index in [0.29, 0.717) is 19.7 Å². The van der Waals surface area contributed by atoms with E-state index in [0.717, 1.165) is 50.7 Å². The fourth-order valence-electron chi connectivity index (χ4n) is 4.14. The van der Waals surface area contributed by atoms with E-state index in [1.165, 1.54) is 12.8 Å². The number of aliphatic imine (C=N–C) groups is 1. The first-order valence-electron chi connectivity index (χ1n) is 10.7. The molecule has 0 bridgehead atoms. The topological polar surface area (TPSA) is 70.3 Å². The first kappa shape index (κ1) is 20.7. The van der Waals surface area contributed by atoms with Crippen LogP contribution in [0.25, 0.3) is 0 Å². The van der Waals surface area contributed by atoms with Crippen molar-refractivity contribution in [2.75, 3.05) is 45.9 Å².